The van der Waals surface area contributed by atoms with E-state index in [1.54, 1.807) is 0 Å². The van der Waals surface area contributed by atoms with Gasteiger partial charge in [-0.2, -0.15) is 5.26 Å². The molecule has 1 saturated heterocycles. The van der Waals surface area contributed by atoms with E-state index in [1.165, 1.54) is 13.3 Å². The fourth-order valence-corrected chi connectivity index (χ4v) is 2.18. The SMILES string of the molecule is COc1ncc(N)c(C#N)c1O[C@H]1CCN(C)C[C@H]1F. The average molecular weight is 280 g/mol. The fraction of sp³-hybridized carbons (Fsp3) is 0.538. The number of nitriles is 1. The molecule has 6 nitrogen and oxygen atoms in total. The molecule has 1 fully saturated rings. The van der Waals surface area contributed by atoms with E-state index in [0.717, 1.165) is 6.54 Å². The molecule has 0 bridgehead atoms. The Bertz CT molecular complexity index is 532. The third-order valence-electron chi connectivity index (χ3n) is 3.29. The summed E-state index contributed by atoms with van der Waals surface area (Å²) in [6.07, 6.45) is 0.0917. The van der Waals surface area contributed by atoms with Gasteiger partial charge in [-0.1, -0.05) is 0 Å². The second-order valence-electron chi connectivity index (χ2n) is 4.76. The predicted molar refractivity (Wildman–Crippen MR) is 71.3 cm³/mol. The third kappa shape index (κ3) is 2.75. The normalized spacial score (nSPS) is 23.1. The van der Waals surface area contributed by atoms with Gasteiger partial charge in [0.1, 0.15) is 23.9 Å². The van der Waals surface area contributed by atoms with Crippen LogP contribution in [0.5, 0.6) is 11.6 Å². The first kappa shape index (κ1) is 14.3. The number of ether oxygens (including phenoxy) is 2. The first-order valence-electron chi connectivity index (χ1n) is 6.28. The predicted octanol–water partition coefficient (Wildman–Crippen LogP) is 0.965. The van der Waals surface area contributed by atoms with Crippen LogP contribution in [0.2, 0.25) is 0 Å². The zero-order valence-corrected chi connectivity index (χ0v) is 11.5. The van der Waals surface area contributed by atoms with E-state index in [1.807, 2.05) is 18.0 Å². The van der Waals surface area contributed by atoms with E-state index in [4.69, 9.17) is 20.5 Å². The van der Waals surface area contributed by atoms with Crippen molar-refractivity contribution >= 4 is 5.69 Å². The van der Waals surface area contributed by atoms with Crippen molar-refractivity contribution in [1.82, 2.24) is 9.88 Å². The van der Waals surface area contributed by atoms with Crippen LogP contribution in [0.3, 0.4) is 0 Å². The molecule has 0 saturated carbocycles. The van der Waals surface area contributed by atoms with E-state index in [2.05, 4.69) is 4.98 Å². The van der Waals surface area contributed by atoms with Gasteiger partial charge < -0.3 is 20.1 Å². The summed E-state index contributed by atoms with van der Waals surface area (Å²) >= 11 is 0. The Morgan fingerprint density at radius 2 is 2.35 bits per heavy atom. The molecule has 0 spiro atoms. The molecule has 20 heavy (non-hydrogen) atoms. The molecule has 1 aliphatic heterocycles. The molecule has 7 heteroatoms. The number of anilines is 1. The minimum absolute atomic E-state index is 0.118. The molecule has 0 radical (unpaired) electrons. The van der Waals surface area contributed by atoms with Crippen molar-refractivity contribution in [3.63, 3.8) is 0 Å². The van der Waals surface area contributed by atoms with Gasteiger partial charge in [-0.15, -0.1) is 0 Å². The highest BCUT2D eigenvalue weighted by Crippen LogP contribution is 2.34. The van der Waals surface area contributed by atoms with Gasteiger partial charge in [-0.05, 0) is 13.5 Å². The number of aromatic nitrogens is 1. The summed E-state index contributed by atoms with van der Waals surface area (Å²) < 4.78 is 24.7. The van der Waals surface area contributed by atoms with E-state index in [9.17, 15) is 4.39 Å². The highest BCUT2D eigenvalue weighted by atomic mass is 19.1. The van der Waals surface area contributed by atoms with Crippen LogP contribution in [0.1, 0.15) is 12.0 Å². The van der Waals surface area contributed by atoms with Crippen LogP contribution in [0, 0.1) is 11.3 Å². The molecule has 1 aliphatic rings. The lowest BCUT2D eigenvalue weighted by Crippen LogP contribution is -2.45. The van der Waals surface area contributed by atoms with Crippen molar-refractivity contribution in [2.24, 2.45) is 0 Å². The highest BCUT2D eigenvalue weighted by Gasteiger charge is 2.31. The molecule has 2 heterocycles. The van der Waals surface area contributed by atoms with Crippen molar-refractivity contribution in [2.45, 2.75) is 18.7 Å². The lowest BCUT2D eigenvalue weighted by Gasteiger charge is -2.32. The number of methoxy groups -OCH3 is 1. The highest BCUT2D eigenvalue weighted by molar-refractivity contribution is 5.63. The van der Waals surface area contributed by atoms with E-state index >= 15 is 0 Å². The van der Waals surface area contributed by atoms with Crippen molar-refractivity contribution in [3.8, 4) is 17.7 Å². The van der Waals surface area contributed by atoms with Crippen LogP contribution in [-0.4, -0.2) is 49.4 Å². The van der Waals surface area contributed by atoms with Crippen LogP contribution < -0.4 is 15.2 Å². The van der Waals surface area contributed by atoms with Gasteiger partial charge in [-0.25, -0.2) is 9.37 Å². The molecule has 1 aromatic heterocycles. The minimum Gasteiger partial charge on any atom is -0.480 e. The lowest BCUT2D eigenvalue weighted by molar-refractivity contribution is 0.0293. The second kappa shape index (κ2) is 5.92. The maximum absolute atomic E-state index is 14.0. The Kier molecular flexibility index (Phi) is 4.25. The van der Waals surface area contributed by atoms with Crippen molar-refractivity contribution in [2.75, 3.05) is 33.0 Å². The molecule has 108 valence electrons. The molecule has 2 atom stereocenters. The number of hydrogen-bond donors (Lipinski definition) is 1. The van der Waals surface area contributed by atoms with Crippen LogP contribution in [0.25, 0.3) is 0 Å². The standard InChI is InChI=1S/C13H17FN4O2/c1-18-4-3-11(9(14)7-18)20-12-8(5-15)10(16)6-17-13(12)19-2/h6,9,11H,3-4,7,16H2,1-2H3/t9-,11+/m1/s1. The zero-order chi connectivity index (χ0) is 14.7. The largest absolute Gasteiger partial charge is 0.480 e. The second-order valence-corrected chi connectivity index (χ2v) is 4.76. The van der Waals surface area contributed by atoms with Gasteiger partial charge in [0.15, 0.2) is 0 Å². The Hall–Kier alpha value is -2.07. The number of rotatable bonds is 3. The smallest absolute Gasteiger partial charge is 0.258 e. The molecule has 1 aromatic rings. The number of nitrogen functional groups attached to an aromatic ring is 1. The minimum atomic E-state index is -1.13. The van der Waals surface area contributed by atoms with Crippen molar-refractivity contribution in [3.05, 3.63) is 11.8 Å². The van der Waals surface area contributed by atoms with Crippen molar-refractivity contribution < 1.29 is 13.9 Å². The van der Waals surface area contributed by atoms with Gasteiger partial charge >= 0.3 is 0 Å². The first-order chi connectivity index (χ1) is 9.56. The summed E-state index contributed by atoms with van der Waals surface area (Å²) in [6, 6.07) is 1.95. The van der Waals surface area contributed by atoms with Gasteiger partial charge in [0.05, 0.1) is 19.0 Å². The summed E-state index contributed by atoms with van der Waals surface area (Å²) in [5, 5.41) is 9.16. The van der Waals surface area contributed by atoms with Gasteiger partial charge in [-0.3, -0.25) is 0 Å². The Morgan fingerprint density at radius 1 is 1.60 bits per heavy atom. The van der Waals surface area contributed by atoms with Crippen molar-refractivity contribution in [1.29, 1.82) is 5.26 Å². The van der Waals surface area contributed by atoms with Crippen LogP contribution in [-0.2, 0) is 0 Å². The number of piperidine rings is 1. The molecule has 2 rings (SSSR count). The topological polar surface area (TPSA) is 84.4 Å². The maximum atomic E-state index is 14.0. The van der Waals surface area contributed by atoms with E-state index in [-0.39, 0.29) is 22.9 Å². The number of likely N-dealkylation sites (tertiary alicyclic amines) is 1. The lowest BCUT2D eigenvalue weighted by atomic mass is 10.1. The molecule has 2 N–H and O–H groups in total. The molecule has 0 aliphatic carbocycles. The number of nitrogens with two attached hydrogens (primary N) is 1. The number of alkyl halides is 1. The number of hydrogen-bond acceptors (Lipinski definition) is 6. The van der Waals surface area contributed by atoms with Crippen LogP contribution in [0.4, 0.5) is 10.1 Å². The Labute approximate surface area is 116 Å². The molecular formula is C13H17FN4O2. The summed E-state index contributed by atoms with van der Waals surface area (Å²) in [5.41, 5.74) is 6.01. The maximum Gasteiger partial charge on any atom is 0.258 e. The summed E-state index contributed by atoms with van der Waals surface area (Å²) in [6.45, 7) is 1.02. The number of pyridine rings is 1. The summed E-state index contributed by atoms with van der Waals surface area (Å²) in [4.78, 5) is 5.85. The van der Waals surface area contributed by atoms with Crippen LogP contribution >= 0.6 is 0 Å². The summed E-state index contributed by atoms with van der Waals surface area (Å²) in [7, 11) is 3.26. The van der Waals surface area contributed by atoms with Gasteiger partial charge in [0, 0.05) is 13.1 Å². The number of halogens is 1. The van der Waals surface area contributed by atoms with Crippen LogP contribution in [0.15, 0.2) is 6.20 Å². The monoisotopic (exact) mass is 280 g/mol. The molecule has 0 aromatic carbocycles. The molecule has 0 unspecified atom stereocenters. The van der Waals surface area contributed by atoms with E-state index in [0.29, 0.717) is 13.0 Å². The third-order valence-corrected chi connectivity index (χ3v) is 3.29. The summed E-state index contributed by atoms with van der Waals surface area (Å²) in [5.74, 6) is 0.258. The average Bonchev–Trinajstić information content (AvgIpc) is 2.42. The molecule has 0 amide bonds. The van der Waals surface area contributed by atoms with Gasteiger partial charge in [0.25, 0.3) is 5.88 Å². The Balaban J connectivity index is 2.28. The zero-order valence-electron chi connectivity index (χ0n) is 11.5. The molecular weight excluding hydrogens is 263 g/mol. The van der Waals surface area contributed by atoms with Gasteiger partial charge in [0.2, 0.25) is 5.75 Å². The Morgan fingerprint density at radius 3 is 2.95 bits per heavy atom. The fourth-order valence-electron chi connectivity index (χ4n) is 2.18. The van der Waals surface area contributed by atoms with E-state index < -0.39 is 12.3 Å². The first-order valence-corrected chi connectivity index (χ1v) is 6.28. The quantitative estimate of drug-likeness (QED) is 0.888. The number of nitrogens with zero attached hydrogens (tertiary/aromatic N) is 3.